The Labute approximate surface area is 82.2 Å². The fourth-order valence-corrected chi connectivity index (χ4v) is 3.61. The van der Waals surface area contributed by atoms with E-state index >= 15 is 0 Å². The number of cyclic esters (lactones) is 1. The summed E-state index contributed by atoms with van der Waals surface area (Å²) in [6, 6.07) is 0. The van der Waals surface area contributed by atoms with Crippen molar-refractivity contribution in [1.82, 2.24) is 0 Å². The third-order valence-corrected chi connectivity index (χ3v) is 4.18. The number of carbonyl (C=O) groups excluding carboxylic acids is 1. The first-order valence-corrected chi connectivity index (χ1v) is 5.11. The van der Waals surface area contributed by atoms with Crippen LogP contribution in [0.25, 0.3) is 0 Å². The van der Waals surface area contributed by atoms with Crippen molar-refractivity contribution in [3.05, 3.63) is 0 Å². The van der Waals surface area contributed by atoms with E-state index in [2.05, 4.69) is 0 Å². The highest BCUT2D eigenvalue weighted by molar-refractivity contribution is 5.76. The molecule has 2 bridgehead atoms. The molecule has 0 amide bonds. The van der Waals surface area contributed by atoms with Gasteiger partial charge in [0.15, 0.2) is 0 Å². The van der Waals surface area contributed by atoms with Crippen LogP contribution >= 0.6 is 0 Å². The molecule has 3 aliphatic rings. The smallest absolute Gasteiger partial charge is 0.309 e. The van der Waals surface area contributed by atoms with E-state index in [0.717, 1.165) is 6.42 Å². The number of aliphatic hydroxyl groups excluding tert-OH is 1. The lowest BCUT2D eigenvalue weighted by Crippen LogP contribution is -2.43. The monoisotopic (exact) mass is 198 g/mol. The van der Waals surface area contributed by atoms with Crippen molar-refractivity contribution in [3.8, 4) is 0 Å². The van der Waals surface area contributed by atoms with Gasteiger partial charge in [-0.2, -0.15) is 0 Å². The lowest BCUT2D eigenvalue weighted by molar-refractivity contribution is -0.144. The van der Waals surface area contributed by atoms with E-state index in [4.69, 9.17) is 9.47 Å². The number of ether oxygens (including phenoxy) is 2. The van der Waals surface area contributed by atoms with Crippen LogP contribution in [-0.2, 0) is 14.3 Å². The van der Waals surface area contributed by atoms with Gasteiger partial charge in [-0.15, -0.1) is 0 Å². The first-order valence-electron chi connectivity index (χ1n) is 5.11. The van der Waals surface area contributed by atoms with E-state index in [-0.39, 0.29) is 23.9 Å². The molecule has 4 heteroatoms. The summed E-state index contributed by atoms with van der Waals surface area (Å²) in [5.41, 5.74) is 0. The van der Waals surface area contributed by atoms with Crippen LogP contribution in [0.1, 0.15) is 6.42 Å². The largest absolute Gasteiger partial charge is 0.465 e. The number of hydrogen-bond acceptors (Lipinski definition) is 4. The molecule has 0 aromatic carbocycles. The van der Waals surface area contributed by atoms with Gasteiger partial charge in [-0.1, -0.05) is 0 Å². The Bertz CT molecular complexity index is 277. The van der Waals surface area contributed by atoms with E-state index in [9.17, 15) is 9.90 Å². The van der Waals surface area contributed by atoms with Gasteiger partial charge in [0.05, 0.1) is 24.7 Å². The topological polar surface area (TPSA) is 55.8 Å². The zero-order valence-corrected chi connectivity index (χ0v) is 8.05. The van der Waals surface area contributed by atoms with Gasteiger partial charge < -0.3 is 14.6 Å². The minimum atomic E-state index is -0.475. The van der Waals surface area contributed by atoms with Crippen LogP contribution in [0.2, 0.25) is 0 Å². The fraction of sp³-hybridized carbons (Fsp3) is 0.900. The van der Waals surface area contributed by atoms with Crippen molar-refractivity contribution in [2.24, 2.45) is 23.7 Å². The summed E-state index contributed by atoms with van der Waals surface area (Å²) in [6.07, 6.45) is 0.358. The molecular weight excluding hydrogens is 184 g/mol. The van der Waals surface area contributed by atoms with Gasteiger partial charge in [0, 0.05) is 18.9 Å². The molecule has 0 aromatic rings. The summed E-state index contributed by atoms with van der Waals surface area (Å²) in [5, 5.41) is 9.91. The Kier molecular flexibility index (Phi) is 1.67. The summed E-state index contributed by atoms with van der Waals surface area (Å²) < 4.78 is 10.3. The summed E-state index contributed by atoms with van der Waals surface area (Å²) in [6.45, 7) is 0.525. The third kappa shape index (κ3) is 0.834. The molecule has 6 unspecified atom stereocenters. The van der Waals surface area contributed by atoms with Crippen molar-refractivity contribution < 1.29 is 19.4 Å². The Morgan fingerprint density at radius 2 is 2.21 bits per heavy atom. The number of esters is 1. The van der Waals surface area contributed by atoms with Crippen LogP contribution in [-0.4, -0.2) is 37.0 Å². The van der Waals surface area contributed by atoms with Gasteiger partial charge in [-0.3, -0.25) is 4.79 Å². The molecule has 1 heterocycles. The van der Waals surface area contributed by atoms with Crippen LogP contribution in [0.15, 0.2) is 0 Å². The van der Waals surface area contributed by atoms with Crippen molar-refractivity contribution >= 4 is 5.97 Å². The molecule has 1 N–H and O–H groups in total. The van der Waals surface area contributed by atoms with E-state index < -0.39 is 6.10 Å². The molecule has 0 spiro atoms. The molecule has 1 saturated heterocycles. The minimum Gasteiger partial charge on any atom is -0.465 e. The van der Waals surface area contributed by atoms with Crippen LogP contribution < -0.4 is 0 Å². The Morgan fingerprint density at radius 3 is 2.93 bits per heavy atom. The molecule has 14 heavy (non-hydrogen) atoms. The molecular formula is C10H14O4. The molecule has 3 rings (SSSR count). The van der Waals surface area contributed by atoms with E-state index in [1.807, 2.05) is 0 Å². The van der Waals surface area contributed by atoms with Gasteiger partial charge in [-0.25, -0.2) is 0 Å². The van der Waals surface area contributed by atoms with E-state index in [1.54, 1.807) is 7.11 Å². The molecule has 0 aromatic heterocycles. The Balaban J connectivity index is 1.92. The van der Waals surface area contributed by atoms with Gasteiger partial charge in [0.1, 0.15) is 0 Å². The number of methoxy groups -OCH3 is 1. The van der Waals surface area contributed by atoms with E-state index in [0.29, 0.717) is 18.4 Å². The highest BCUT2D eigenvalue weighted by Crippen LogP contribution is 2.55. The number of aliphatic hydroxyl groups is 1. The zero-order chi connectivity index (χ0) is 9.87. The highest BCUT2D eigenvalue weighted by atomic mass is 16.5. The Morgan fingerprint density at radius 1 is 1.43 bits per heavy atom. The number of hydrogen-bond donors (Lipinski definition) is 1. The lowest BCUT2D eigenvalue weighted by Gasteiger charge is -2.31. The molecule has 2 saturated carbocycles. The predicted octanol–water partition coefficient (Wildman–Crippen LogP) is -0.199. The normalized spacial score (nSPS) is 54.9. The zero-order valence-electron chi connectivity index (χ0n) is 8.05. The SMILES string of the molecule is COC1C(O)C2CC1C1COC(=O)C21. The van der Waals surface area contributed by atoms with Gasteiger partial charge in [-0.05, 0) is 12.3 Å². The molecule has 0 radical (unpaired) electrons. The fourth-order valence-electron chi connectivity index (χ4n) is 3.61. The van der Waals surface area contributed by atoms with E-state index in [1.165, 1.54) is 0 Å². The third-order valence-electron chi connectivity index (χ3n) is 4.18. The highest BCUT2D eigenvalue weighted by Gasteiger charge is 2.63. The quantitative estimate of drug-likeness (QED) is 0.593. The summed E-state index contributed by atoms with van der Waals surface area (Å²) in [5.74, 6) is 0.514. The first kappa shape index (κ1) is 8.68. The van der Waals surface area contributed by atoms with Crippen molar-refractivity contribution in [3.63, 3.8) is 0 Å². The van der Waals surface area contributed by atoms with Gasteiger partial charge >= 0.3 is 5.97 Å². The summed E-state index contributed by atoms with van der Waals surface area (Å²) in [7, 11) is 1.63. The average molecular weight is 198 g/mol. The van der Waals surface area contributed by atoms with Crippen LogP contribution in [0, 0.1) is 23.7 Å². The van der Waals surface area contributed by atoms with Crippen molar-refractivity contribution in [1.29, 1.82) is 0 Å². The predicted molar refractivity (Wildman–Crippen MR) is 46.3 cm³/mol. The molecule has 6 atom stereocenters. The second-order valence-electron chi connectivity index (χ2n) is 4.57. The van der Waals surface area contributed by atoms with Crippen LogP contribution in [0.4, 0.5) is 0 Å². The minimum absolute atomic E-state index is 0.0543. The van der Waals surface area contributed by atoms with Crippen LogP contribution in [0.5, 0.6) is 0 Å². The van der Waals surface area contributed by atoms with Crippen molar-refractivity contribution in [2.45, 2.75) is 18.6 Å². The first-order chi connectivity index (χ1) is 6.74. The van der Waals surface area contributed by atoms with Gasteiger partial charge in [0.2, 0.25) is 0 Å². The maximum Gasteiger partial charge on any atom is 0.309 e. The second kappa shape index (κ2) is 2.70. The summed E-state index contributed by atoms with van der Waals surface area (Å²) in [4.78, 5) is 11.4. The standard InChI is InChI=1S/C10H14O4/c1-13-9-4-2-5(8(9)11)7-6(4)3-14-10(7)12/h4-9,11H,2-3H2,1H3. The Hall–Kier alpha value is -0.610. The maximum absolute atomic E-state index is 11.4. The average Bonchev–Trinajstić information content (AvgIpc) is 2.77. The molecule has 78 valence electrons. The molecule has 2 aliphatic carbocycles. The number of fused-ring (bicyclic) bond motifs is 5. The van der Waals surface area contributed by atoms with Crippen LogP contribution in [0.3, 0.4) is 0 Å². The molecule has 3 fully saturated rings. The van der Waals surface area contributed by atoms with Gasteiger partial charge in [0.25, 0.3) is 0 Å². The lowest BCUT2D eigenvalue weighted by atomic mass is 9.78. The summed E-state index contributed by atoms with van der Waals surface area (Å²) >= 11 is 0. The molecule has 1 aliphatic heterocycles. The number of rotatable bonds is 1. The van der Waals surface area contributed by atoms with Crippen molar-refractivity contribution in [2.75, 3.05) is 13.7 Å². The number of carbonyl (C=O) groups is 1. The molecule has 4 nitrogen and oxygen atoms in total. The maximum atomic E-state index is 11.4. The second-order valence-corrected chi connectivity index (χ2v) is 4.57.